The first-order chi connectivity index (χ1) is 12.9. The quantitative estimate of drug-likeness (QED) is 0.774. The highest BCUT2D eigenvalue weighted by molar-refractivity contribution is 8.00. The number of sulfonamides is 1. The van der Waals surface area contributed by atoms with Crippen molar-refractivity contribution < 1.29 is 13.2 Å². The predicted molar refractivity (Wildman–Crippen MR) is 108 cm³/mol. The molecule has 2 heterocycles. The third-order valence-electron chi connectivity index (χ3n) is 5.10. The highest BCUT2D eigenvalue weighted by Gasteiger charge is 2.31. The molecule has 0 fully saturated rings. The monoisotopic (exact) mass is 402 g/mol. The number of rotatable bonds is 2. The van der Waals surface area contributed by atoms with Gasteiger partial charge in [-0.3, -0.25) is 4.79 Å². The largest absolute Gasteiger partial charge is 0.310 e. The molecule has 2 aromatic rings. The molecule has 5 nitrogen and oxygen atoms in total. The lowest BCUT2D eigenvalue weighted by Crippen LogP contribution is -2.38. The zero-order chi connectivity index (χ0) is 19.2. The summed E-state index contributed by atoms with van der Waals surface area (Å²) in [5.41, 5.74) is 2.96. The van der Waals surface area contributed by atoms with Gasteiger partial charge in [0.05, 0.1) is 10.6 Å². The average Bonchev–Trinajstić information content (AvgIpc) is 2.66. The number of benzene rings is 2. The van der Waals surface area contributed by atoms with Gasteiger partial charge >= 0.3 is 0 Å². The molecule has 1 atom stereocenters. The zero-order valence-electron chi connectivity index (χ0n) is 15.4. The van der Waals surface area contributed by atoms with Crippen LogP contribution < -0.4 is 4.90 Å². The molecule has 0 saturated heterocycles. The number of anilines is 1. The van der Waals surface area contributed by atoms with E-state index in [0.717, 1.165) is 10.5 Å². The van der Waals surface area contributed by atoms with Crippen molar-refractivity contribution in [1.82, 2.24) is 4.31 Å². The van der Waals surface area contributed by atoms with Crippen LogP contribution in [0.15, 0.2) is 52.3 Å². The molecule has 2 aliphatic rings. The molecular formula is C20H22N2O3S2. The Hall–Kier alpha value is -1.83. The van der Waals surface area contributed by atoms with E-state index in [-0.39, 0.29) is 16.1 Å². The summed E-state index contributed by atoms with van der Waals surface area (Å²) in [5, 5.41) is 0.280. The molecule has 2 aromatic carbocycles. The maximum absolute atomic E-state index is 13.2. The van der Waals surface area contributed by atoms with Crippen LogP contribution in [-0.4, -0.2) is 37.0 Å². The molecule has 0 aromatic heterocycles. The lowest BCUT2D eigenvalue weighted by atomic mass is 10.0. The standard InChI is InChI=1S/C20H22N2O3S2/c1-14-12-22(15(2)23)19-11-18(7-8-20(19)26-14)27(24,25)21-10-9-16-5-3-4-6-17(16)13-21/h3-8,11,14H,9-10,12-13H2,1-2H3/t14-/m1/s1. The van der Waals surface area contributed by atoms with Gasteiger partial charge in [-0.2, -0.15) is 4.31 Å². The van der Waals surface area contributed by atoms with Crippen molar-refractivity contribution in [1.29, 1.82) is 0 Å². The van der Waals surface area contributed by atoms with E-state index in [1.807, 2.05) is 24.3 Å². The lowest BCUT2D eigenvalue weighted by molar-refractivity contribution is -0.116. The van der Waals surface area contributed by atoms with Gasteiger partial charge < -0.3 is 4.90 Å². The Bertz CT molecular complexity index is 1000. The van der Waals surface area contributed by atoms with Gasteiger partial charge in [0.15, 0.2) is 0 Å². The molecular weight excluding hydrogens is 380 g/mol. The van der Waals surface area contributed by atoms with Crippen LogP contribution in [0.4, 0.5) is 5.69 Å². The summed E-state index contributed by atoms with van der Waals surface area (Å²) in [6.45, 7) is 5.04. The van der Waals surface area contributed by atoms with Crippen molar-refractivity contribution in [3.8, 4) is 0 Å². The Kier molecular flexibility index (Phi) is 4.78. The number of hydrogen-bond donors (Lipinski definition) is 0. The Labute approximate surface area is 164 Å². The molecule has 0 N–H and O–H groups in total. The normalized spacial score (nSPS) is 20.1. The molecule has 0 saturated carbocycles. The van der Waals surface area contributed by atoms with Crippen molar-refractivity contribution in [2.24, 2.45) is 0 Å². The second-order valence-electron chi connectivity index (χ2n) is 7.04. The number of carbonyl (C=O) groups excluding carboxylic acids is 1. The van der Waals surface area contributed by atoms with Gasteiger partial charge in [0.1, 0.15) is 0 Å². The minimum absolute atomic E-state index is 0.0650. The van der Waals surface area contributed by atoms with E-state index in [2.05, 4.69) is 13.0 Å². The molecule has 142 valence electrons. The van der Waals surface area contributed by atoms with Gasteiger partial charge in [-0.25, -0.2) is 8.42 Å². The first-order valence-corrected chi connectivity index (χ1v) is 11.3. The summed E-state index contributed by atoms with van der Waals surface area (Å²) >= 11 is 1.68. The topological polar surface area (TPSA) is 57.7 Å². The Morgan fingerprint density at radius 3 is 2.63 bits per heavy atom. The van der Waals surface area contributed by atoms with E-state index in [1.54, 1.807) is 28.8 Å². The summed E-state index contributed by atoms with van der Waals surface area (Å²) in [5.74, 6) is -0.0650. The molecule has 1 amide bonds. The molecule has 0 radical (unpaired) electrons. The van der Waals surface area contributed by atoms with E-state index >= 15 is 0 Å². The van der Waals surface area contributed by atoms with Crippen LogP contribution in [0.1, 0.15) is 25.0 Å². The first kappa shape index (κ1) is 18.5. The zero-order valence-corrected chi connectivity index (χ0v) is 17.0. The van der Waals surface area contributed by atoms with Crippen molar-refractivity contribution in [2.45, 2.75) is 41.9 Å². The predicted octanol–water partition coefficient (Wildman–Crippen LogP) is 3.28. The Morgan fingerprint density at radius 2 is 1.89 bits per heavy atom. The third kappa shape index (κ3) is 3.39. The van der Waals surface area contributed by atoms with E-state index < -0.39 is 10.0 Å². The van der Waals surface area contributed by atoms with Crippen LogP contribution in [0.2, 0.25) is 0 Å². The van der Waals surface area contributed by atoms with Crippen LogP contribution in [0, 0.1) is 0 Å². The maximum atomic E-state index is 13.2. The summed E-state index contributed by atoms with van der Waals surface area (Å²) in [6, 6.07) is 13.1. The minimum Gasteiger partial charge on any atom is -0.310 e. The van der Waals surface area contributed by atoms with Gasteiger partial charge in [-0.1, -0.05) is 31.2 Å². The summed E-state index contributed by atoms with van der Waals surface area (Å²) in [7, 11) is -3.61. The average molecular weight is 403 g/mol. The number of hydrogen-bond acceptors (Lipinski definition) is 4. The fraction of sp³-hybridized carbons (Fsp3) is 0.350. The number of fused-ring (bicyclic) bond motifs is 2. The van der Waals surface area contributed by atoms with Crippen LogP contribution in [-0.2, 0) is 27.8 Å². The van der Waals surface area contributed by atoms with E-state index in [4.69, 9.17) is 0 Å². The summed E-state index contributed by atoms with van der Waals surface area (Å²) in [6.07, 6.45) is 0.716. The Balaban J connectivity index is 1.69. The van der Waals surface area contributed by atoms with Gasteiger partial charge in [-0.15, -0.1) is 11.8 Å². The molecule has 2 aliphatic heterocycles. The fourth-order valence-electron chi connectivity index (χ4n) is 3.70. The molecule has 0 bridgehead atoms. The van der Waals surface area contributed by atoms with Crippen LogP contribution in [0.3, 0.4) is 0 Å². The smallest absolute Gasteiger partial charge is 0.243 e. The molecule has 0 unspecified atom stereocenters. The van der Waals surface area contributed by atoms with Gasteiger partial charge in [-0.05, 0) is 35.7 Å². The second kappa shape index (κ2) is 6.96. The Morgan fingerprint density at radius 1 is 1.15 bits per heavy atom. The molecule has 4 rings (SSSR count). The number of carbonyl (C=O) groups is 1. The van der Waals surface area contributed by atoms with Crippen LogP contribution in [0.5, 0.6) is 0 Å². The first-order valence-electron chi connectivity index (χ1n) is 9.02. The SMILES string of the molecule is CC(=O)N1C[C@@H](C)Sc2ccc(S(=O)(=O)N3CCc4ccccc4C3)cc21. The highest BCUT2D eigenvalue weighted by atomic mass is 32.2. The summed E-state index contributed by atoms with van der Waals surface area (Å²) in [4.78, 5) is 14.9. The van der Waals surface area contributed by atoms with Crippen molar-refractivity contribution >= 4 is 33.4 Å². The maximum Gasteiger partial charge on any atom is 0.243 e. The second-order valence-corrected chi connectivity index (χ2v) is 10.5. The molecule has 27 heavy (non-hydrogen) atoms. The minimum atomic E-state index is -3.61. The lowest BCUT2D eigenvalue weighted by Gasteiger charge is -2.33. The number of thioether (sulfide) groups is 1. The third-order valence-corrected chi connectivity index (χ3v) is 8.09. The molecule has 7 heteroatoms. The number of amides is 1. The molecule has 0 spiro atoms. The van der Waals surface area contributed by atoms with Crippen LogP contribution in [0.25, 0.3) is 0 Å². The van der Waals surface area contributed by atoms with E-state index in [1.165, 1.54) is 16.8 Å². The van der Waals surface area contributed by atoms with E-state index in [0.29, 0.717) is 31.7 Å². The fourth-order valence-corrected chi connectivity index (χ4v) is 6.23. The molecule has 0 aliphatic carbocycles. The van der Waals surface area contributed by atoms with Crippen LogP contribution >= 0.6 is 11.8 Å². The number of nitrogens with zero attached hydrogens (tertiary/aromatic N) is 2. The van der Waals surface area contributed by atoms with Gasteiger partial charge in [0.2, 0.25) is 15.9 Å². The highest BCUT2D eigenvalue weighted by Crippen LogP contribution is 2.40. The summed E-state index contributed by atoms with van der Waals surface area (Å²) < 4.78 is 28.0. The van der Waals surface area contributed by atoms with Gasteiger partial charge in [0, 0.05) is 36.7 Å². The van der Waals surface area contributed by atoms with E-state index in [9.17, 15) is 13.2 Å². The van der Waals surface area contributed by atoms with Gasteiger partial charge in [0.25, 0.3) is 0 Å². The van der Waals surface area contributed by atoms with Crippen molar-refractivity contribution in [3.63, 3.8) is 0 Å². The van der Waals surface area contributed by atoms with Crippen molar-refractivity contribution in [2.75, 3.05) is 18.0 Å². The van der Waals surface area contributed by atoms with Crippen molar-refractivity contribution in [3.05, 3.63) is 53.6 Å².